The average molecular weight is 260 g/mol. The molecular formula is C14H16N2OS. The molecule has 0 saturated heterocycles. The summed E-state index contributed by atoms with van der Waals surface area (Å²) >= 11 is 1.68. The molecule has 1 atom stereocenters. The van der Waals surface area contributed by atoms with Gasteiger partial charge >= 0.3 is 0 Å². The van der Waals surface area contributed by atoms with Crippen LogP contribution in [-0.4, -0.2) is 11.6 Å². The van der Waals surface area contributed by atoms with E-state index in [0.717, 1.165) is 35.9 Å². The van der Waals surface area contributed by atoms with Crippen molar-refractivity contribution in [2.24, 2.45) is 5.73 Å². The monoisotopic (exact) mass is 260 g/mol. The predicted molar refractivity (Wildman–Crippen MR) is 73.1 cm³/mol. The molecule has 18 heavy (non-hydrogen) atoms. The van der Waals surface area contributed by atoms with Crippen LogP contribution in [0.25, 0.3) is 0 Å². The Hall–Kier alpha value is -1.39. The van der Waals surface area contributed by atoms with Crippen LogP contribution in [0, 0.1) is 6.92 Å². The number of aryl methyl sites for hydroxylation is 1. The smallest absolute Gasteiger partial charge is 0.122 e. The maximum atomic E-state index is 6.26. The summed E-state index contributed by atoms with van der Waals surface area (Å²) in [6.07, 6.45) is 1.80. The molecule has 3 rings (SSSR count). The summed E-state index contributed by atoms with van der Waals surface area (Å²) in [5.41, 5.74) is 9.78. The first-order valence-electron chi connectivity index (χ1n) is 6.14. The zero-order chi connectivity index (χ0) is 12.5. The minimum absolute atomic E-state index is 0.0152. The Morgan fingerprint density at radius 1 is 1.50 bits per heavy atom. The molecule has 0 fully saturated rings. The number of thiazole rings is 1. The van der Waals surface area contributed by atoms with Gasteiger partial charge in [-0.15, -0.1) is 11.3 Å². The number of aromatic nitrogens is 1. The minimum atomic E-state index is 0.0152. The Bertz CT molecular complexity index is 565. The summed E-state index contributed by atoms with van der Waals surface area (Å²) < 4.78 is 5.50. The number of benzene rings is 1. The van der Waals surface area contributed by atoms with E-state index in [1.165, 1.54) is 11.1 Å². The molecule has 3 nitrogen and oxygen atoms in total. The second kappa shape index (κ2) is 4.71. The molecule has 1 aliphatic heterocycles. The summed E-state index contributed by atoms with van der Waals surface area (Å²) in [6, 6.07) is 6.29. The number of nitrogens with zero attached hydrogens (tertiary/aromatic N) is 1. The summed E-state index contributed by atoms with van der Waals surface area (Å²) in [5.74, 6) is 1.01. The maximum absolute atomic E-state index is 6.26. The molecule has 0 aliphatic carbocycles. The Balaban J connectivity index is 1.78. The van der Waals surface area contributed by atoms with Gasteiger partial charge in [-0.25, -0.2) is 4.98 Å². The van der Waals surface area contributed by atoms with Crippen LogP contribution in [0.5, 0.6) is 5.75 Å². The van der Waals surface area contributed by atoms with Crippen molar-refractivity contribution in [1.29, 1.82) is 0 Å². The highest BCUT2D eigenvalue weighted by atomic mass is 32.1. The van der Waals surface area contributed by atoms with E-state index in [9.17, 15) is 0 Å². The molecule has 2 N–H and O–H groups in total. The van der Waals surface area contributed by atoms with Crippen LogP contribution >= 0.6 is 11.3 Å². The maximum Gasteiger partial charge on any atom is 0.122 e. The fourth-order valence-electron chi connectivity index (χ4n) is 2.24. The minimum Gasteiger partial charge on any atom is -0.493 e. The molecular weight excluding hydrogens is 244 g/mol. The molecule has 0 bridgehead atoms. The second-order valence-electron chi connectivity index (χ2n) is 4.66. The lowest BCUT2D eigenvalue weighted by molar-refractivity contribution is 0.357. The molecule has 1 aromatic carbocycles. The molecule has 1 unspecified atom stereocenters. The highest BCUT2D eigenvalue weighted by Crippen LogP contribution is 2.28. The van der Waals surface area contributed by atoms with Crippen molar-refractivity contribution in [3.8, 4) is 5.75 Å². The number of nitrogens with two attached hydrogens (primary N) is 1. The highest BCUT2D eigenvalue weighted by Gasteiger charge is 2.15. The quantitative estimate of drug-likeness (QED) is 0.923. The molecule has 2 heterocycles. The van der Waals surface area contributed by atoms with Gasteiger partial charge in [0.15, 0.2) is 0 Å². The number of rotatable bonds is 3. The molecule has 0 amide bonds. The summed E-state index contributed by atoms with van der Waals surface area (Å²) in [5, 5.41) is 3.18. The Morgan fingerprint density at radius 2 is 2.39 bits per heavy atom. The van der Waals surface area contributed by atoms with E-state index in [1.54, 1.807) is 11.3 Å². The van der Waals surface area contributed by atoms with Gasteiger partial charge in [0.1, 0.15) is 5.75 Å². The molecule has 0 spiro atoms. The Kier molecular flexibility index (Phi) is 3.06. The summed E-state index contributed by atoms with van der Waals surface area (Å²) in [6.45, 7) is 2.80. The SMILES string of the molecule is Cc1csc(CC(N)c2ccc3c(c2)CCO3)n1. The first-order chi connectivity index (χ1) is 8.72. The van der Waals surface area contributed by atoms with Crippen molar-refractivity contribution in [1.82, 2.24) is 4.98 Å². The average Bonchev–Trinajstić information content (AvgIpc) is 2.96. The largest absolute Gasteiger partial charge is 0.493 e. The lowest BCUT2D eigenvalue weighted by Gasteiger charge is -2.11. The third-order valence-corrected chi connectivity index (χ3v) is 4.19. The number of fused-ring (bicyclic) bond motifs is 1. The van der Waals surface area contributed by atoms with Crippen molar-refractivity contribution in [2.75, 3.05) is 6.61 Å². The van der Waals surface area contributed by atoms with E-state index in [2.05, 4.69) is 22.5 Å². The van der Waals surface area contributed by atoms with Crippen LogP contribution in [0.2, 0.25) is 0 Å². The van der Waals surface area contributed by atoms with Crippen molar-refractivity contribution in [3.63, 3.8) is 0 Å². The van der Waals surface area contributed by atoms with Crippen LogP contribution in [0.1, 0.15) is 27.9 Å². The zero-order valence-corrected chi connectivity index (χ0v) is 11.2. The normalized spacial score (nSPS) is 15.2. The molecule has 1 aliphatic rings. The standard InChI is InChI=1S/C14H16N2OS/c1-9-8-18-14(16-9)7-12(15)10-2-3-13-11(6-10)4-5-17-13/h2-3,6,8,12H,4-5,7,15H2,1H3. The van der Waals surface area contributed by atoms with E-state index in [0.29, 0.717) is 0 Å². The van der Waals surface area contributed by atoms with Crippen molar-refractivity contribution >= 4 is 11.3 Å². The van der Waals surface area contributed by atoms with Gasteiger partial charge in [-0.3, -0.25) is 0 Å². The lowest BCUT2D eigenvalue weighted by Crippen LogP contribution is -2.13. The van der Waals surface area contributed by atoms with E-state index >= 15 is 0 Å². The fraction of sp³-hybridized carbons (Fsp3) is 0.357. The molecule has 1 aromatic heterocycles. The number of hydrogen-bond donors (Lipinski definition) is 1. The molecule has 0 radical (unpaired) electrons. The second-order valence-corrected chi connectivity index (χ2v) is 5.60. The van der Waals surface area contributed by atoms with Gasteiger partial charge in [0.05, 0.1) is 11.6 Å². The van der Waals surface area contributed by atoms with E-state index < -0.39 is 0 Å². The third-order valence-electron chi connectivity index (χ3n) is 3.20. The van der Waals surface area contributed by atoms with Crippen LogP contribution < -0.4 is 10.5 Å². The van der Waals surface area contributed by atoms with Gasteiger partial charge in [-0.1, -0.05) is 12.1 Å². The van der Waals surface area contributed by atoms with Gasteiger partial charge in [-0.05, 0) is 24.1 Å². The predicted octanol–water partition coefficient (Wildman–Crippen LogP) is 2.63. The van der Waals surface area contributed by atoms with Crippen LogP contribution in [-0.2, 0) is 12.8 Å². The first-order valence-corrected chi connectivity index (χ1v) is 7.02. The van der Waals surface area contributed by atoms with Gasteiger partial charge in [0.25, 0.3) is 0 Å². The summed E-state index contributed by atoms with van der Waals surface area (Å²) in [7, 11) is 0. The van der Waals surface area contributed by atoms with E-state index in [1.807, 2.05) is 13.0 Å². The molecule has 4 heteroatoms. The number of ether oxygens (including phenoxy) is 1. The van der Waals surface area contributed by atoms with Crippen LogP contribution in [0.3, 0.4) is 0 Å². The van der Waals surface area contributed by atoms with Crippen LogP contribution in [0.15, 0.2) is 23.6 Å². The fourth-order valence-corrected chi connectivity index (χ4v) is 3.07. The van der Waals surface area contributed by atoms with Gasteiger partial charge < -0.3 is 10.5 Å². The van der Waals surface area contributed by atoms with E-state index in [-0.39, 0.29) is 6.04 Å². The zero-order valence-electron chi connectivity index (χ0n) is 10.3. The Labute approximate surface area is 111 Å². The van der Waals surface area contributed by atoms with Gasteiger partial charge in [-0.2, -0.15) is 0 Å². The highest BCUT2D eigenvalue weighted by molar-refractivity contribution is 7.09. The topological polar surface area (TPSA) is 48.1 Å². The van der Waals surface area contributed by atoms with Gasteiger partial charge in [0, 0.05) is 30.0 Å². The summed E-state index contributed by atoms with van der Waals surface area (Å²) in [4.78, 5) is 4.46. The van der Waals surface area contributed by atoms with Crippen molar-refractivity contribution in [2.45, 2.75) is 25.8 Å². The molecule has 0 saturated carbocycles. The Morgan fingerprint density at radius 3 is 3.17 bits per heavy atom. The van der Waals surface area contributed by atoms with Crippen LogP contribution in [0.4, 0.5) is 0 Å². The molecule has 94 valence electrons. The molecule has 2 aromatic rings. The number of hydrogen-bond acceptors (Lipinski definition) is 4. The van der Waals surface area contributed by atoms with Crippen molar-refractivity contribution < 1.29 is 4.74 Å². The van der Waals surface area contributed by atoms with Gasteiger partial charge in [0.2, 0.25) is 0 Å². The van der Waals surface area contributed by atoms with E-state index in [4.69, 9.17) is 10.5 Å². The lowest BCUT2D eigenvalue weighted by atomic mass is 10.0. The van der Waals surface area contributed by atoms with Crippen molar-refractivity contribution in [3.05, 3.63) is 45.4 Å². The third kappa shape index (κ3) is 2.26. The first kappa shape index (κ1) is 11.7.